The Morgan fingerprint density at radius 2 is 1.65 bits per heavy atom. The van der Waals surface area contributed by atoms with Crippen LogP contribution in [0.25, 0.3) is 0 Å². The third-order valence-corrected chi connectivity index (χ3v) is 10.0. The lowest BCUT2D eigenvalue weighted by Crippen LogP contribution is -2.61. The van der Waals surface area contributed by atoms with Gasteiger partial charge >= 0.3 is 0 Å². The number of carbonyl (C=O) groups excluding carboxylic acids is 5. The highest BCUT2D eigenvalue weighted by Gasteiger charge is 2.41. The topological polar surface area (TPSA) is 179 Å². The monoisotopic (exact) mass is 698 g/mol. The van der Waals surface area contributed by atoms with E-state index in [0.29, 0.717) is 24.3 Å². The van der Waals surface area contributed by atoms with Crippen molar-refractivity contribution in [2.75, 3.05) is 18.9 Å². The minimum atomic E-state index is -1.34. The number of aliphatic hydroxyl groups is 1. The maximum atomic E-state index is 13.9. The number of fused-ring (bicyclic) bond motifs is 2. The van der Waals surface area contributed by atoms with Gasteiger partial charge in [0.15, 0.2) is 0 Å². The number of nitrogens with one attached hydrogen (secondary N) is 4. The largest absolute Gasteiger partial charge is 0.394 e. The minimum absolute atomic E-state index is 0.0441. The van der Waals surface area contributed by atoms with E-state index >= 15 is 0 Å². The van der Waals surface area contributed by atoms with Crippen molar-refractivity contribution in [2.24, 2.45) is 10.9 Å². The van der Waals surface area contributed by atoms with Crippen LogP contribution in [-0.4, -0.2) is 111 Å². The van der Waals surface area contributed by atoms with Crippen molar-refractivity contribution in [2.45, 2.75) is 108 Å². The summed E-state index contributed by atoms with van der Waals surface area (Å²) in [6, 6.07) is 3.62. The number of hydrogen-bond acceptors (Lipinski definition) is 9. The molecule has 4 rings (SSSR count). The van der Waals surface area contributed by atoms with Gasteiger partial charge < -0.3 is 36.0 Å². The molecule has 3 aliphatic heterocycles. The van der Waals surface area contributed by atoms with Gasteiger partial charge in [-0.05, 0) is 57.9 Å². The van der Waals surface area contributed by atoms with Crippen molar-refractivity contribution in [1.29, 1.82) is 0 Å². The molecule has 5 N–H and O–H groups in total. The van der Waals surface area contributed by atoms with E-state index in [1.807, 2.05) is 44.2 Å². The summed E-state index contributed by atoms with van der Waals surface area (Å²) in [7, 11) is 0. The summed E-state index contributed by atoms with van der Waals surface area (Å²) in [5.74, 6) is -2.56. The second kappa shape index (κ2) is 16.8. The number of aliphatic imine (C=N–C) groups is 1. The third-order valence-electron chi connectivity index (χ3n) is 8.88. The number of ether oxygens (including phenoxy) is 1. The lowest BCUT2D eigenvalue weighted by atomic mass is 10.0. The Morgan fingerprint density at radius 1 is 0.980 bits per heavy atom. The third kappa shape index (κ3) is 9.92. The predicted molar refractivity (Wildman–Crippen MR) is 188 cm³/mol. The van der Waals surface area contributed by atoms with E-state index in [1.165, 1.54) is 16.7 Å². The van der Waals surface area contributed by atoms with Gasteiger partial charge in [-0.15, -0.1) is 18.3 Å². The first-order chi connectivity index (χ1) is 23.2. The maximum Gasteiger partial charge on any atom is 0.248 e. The van der Waals surface area contributed by atoms with Crippen molar-refractivity contribution < 1.29 is 33.8 Å². The van der Waals surface area contributed by atoms with Crippen LogP contribution in [0.4, 0.5) is 0 Å². The van der Waals surface area contributed by atoms with Gasteiger partial charge in [0, 0.05) is 12.3 Å². The fourth-order valence-electron chi connectivity index (χ4n) is 6.20. The number of thioether (sulfide) groups is 1. The summed E-state index contributed by atoms with van der Waals surface area (Å²) in [6.07, 6.45) is 2.30. The number of nitrogens with zero attached hydrogens (tertiary/aromatic N) is 2. The number of hydrogen-bond donors (Lipinski definition) is 5. The van der Waals surface area contributed by atoms with E-state index in [-0.39, 0.29) is 30.5 Å². The maximum absolute atomic E-state index is 13.9. The number of benzene rings is 1. The molecule has 5 amide bonds. The van der Waals surface area contributed by atoms with E-state index < -0.39 is 78.2 Å². The van der Waals surface area contributed by atoms with Crippen LogP contribution in [0.2, 0.25) is 0 Å². The van der Waals surface area contributed by atoms with Gasteiger partial charge in [-0.3, -0.25) is 29.0 Å². The fourth-order valence-corrected chi connectivity index (χ4v) is 7.30. The fraction of sp³-hybridized carbons (Fsp3) is 0.600. The molecule has 1 aromatic rings. The van der Waals surface area contributed by atoms with Gasteiger partial charge in [-0.1, -0.05) is 50.3 Å². The molecule has 0 aromatic heterocycles. The second-order valence-electron chi connectivity index (χ2n) is 13.8. The Labute approximate surface area is 292 Å². The highest BCUT2D eigenvalue weighted by molar-refractivity contribution is 8.14. The molecule has 0 spiro atoms. The average Bonchev–Trinajstić information content (AvgIpc) is 3.76. The predicted octanol–water partition coefficient (Wildman–Crippen LogP) is 1.09. The van der Waals surface area contributed by atoms with E-state index in [9.17, 15) is 29.1 Å². The molecule has 1 saturated heterocycles. The summed E-state index contributed by atoms with van der Waals surface area (Å²) >= 11 is 1.35. The lowest BCUT2D eigenvalue weighted by molar-refractivity contribution is -0.143. The van der Waals surface area contributed by atoms with E-state index in [1.54, 1.807) is 26.8 Å². The Kier molecular flexibility index (Phi) is 13.0. The highest BCUT2D eigenvalue weighted by Crippen LogP contribution is 2.25. The molecule has 13 nitrogen and oxygen atoms in total. The number of rotatable bonds is 9. The molecule has 49 heavy (non-hydrogen) atoms. The Hall–Kier alpha value is -3.75. The molecule has 1 fully saturated rings. The zero-order chi connectivity index (χ0) is 35.9. The van der Waals surface area contributed by atoms with Gasteiger partial charge in [0.2, 0.25) is 29.5 Å². The highest BCUT2D eigenvalue weighted by atomic mass is 32.2. The normalized spacial score (nSPS) is 28.0. The summed E-state index contributed by atoms with van der Waals surface area (Å²) in [5, 5.41) is 22.1. The zero-order valence-electron chi connectivity index (χ0n) is 28.9. The lowest BCUT2D eigenvalue weighted by Gasteiger charge is -2.33. The molecule has 268 valence electrons. The molecule has 3 heterocycles. The number of carbonyl (C=O) groups is 5. The van der Waals surface area contributed by atoms with Crippen LogP contribution < -0.4 is 21.3 Å². The van der Waals surface area contributed by atoms with Gasteiger partial charge in [0.25, 0.3) is 0 Å². The molecule has 2 bridgehead atoms. The summed E-state index contributed by atoms with van der Waals surface area (Å²) < 4.78 is 6.12. The molecule has 3 aliphatic rings. The van der Waals surface area contributed by atoms with Crippen LogP contribution in [0.15, 0.2) is 48.0 Å². The summed E-state index contributed by atoms with van der Waals surface area (Å²) in [4.78, 5) is 75.1. The first-order valence-electron chi connectivity index (χ1n) is 16.9. The van der Waals surface area contributed by atoms with E-state index in [4.69, 9.17) is 9.73 Å². The summed E-state index contributed by atoms with van der Waals surface area (Å²) in [6.45, 7) is 12.3. The molecule has 1 aromatic carbocycles. The first kappa shape index (κ1) is 38.1. The van der Waals surface area contributed by atoms with Crippen LogP contribution in [0.1, 0.15) is 59.4 Å². The van der Waals surface area contributed by atoms with Crippen molar-refractivity contribution in [3.05, 3.63) is 48.6 Å². The smallest absolute Gasteiger partial charge is 0.248 e. The quantitative estimate of drug-likeness (QED) is 0.238. The Morgan fingerprint density at radius 3 is 2.31 bits per heavy atom. The number of aliphatic hydroxyl groups excluding tert-OH is 1. The van der Waals surface area contributed by atoms with E-state index in [0.717, 1.165) is 5.56 Å². The molecule has 7 atom stereocenters. The zero-order valence-corrected chi connectivity index (χ0v) is 29.8. The molecule has 14 heteroatoms. The number of amides is 5. The minimum Gasteiger partial charge on any atom is -0.394 e. The van der Waals surface area contributed by atoms with Crippen LogP contribution >= 0.6 is 11.8 Å². The average molecular weight is 699 g/mol. The summed E-state index contributed by atoms with van der Waals surface area (Å²) in [5.41, 5.74) is 0.0991. The van der Waals surface area contributed by atoms with Crippen LogP contribution in [0.3, 0.4) is 0 Å². The van der Waals surface area contributed by atoms with Gasteiger partial charge in [0.1, 0.15) is 30.2 Å². The van der Waals surface area contributed by atoms with Crippen LogP contribution in [0, 0.1) is 5.92 Å². The molecule has 0 aliphatic carbocycles. The standard InChI is InChI=1S/C35H50N6O7S/c1-7-35(5,6)48-21(4)28-32(46)36-23(16-20(2)3)29(43)38-25(18-42)34(47)41-15-11-14-27(41)31(45)37-24(17-22-12-9-8-10-13-22)33-39-26(19-49-33)30(44)40-28/h7-10,12-13,20-21,23-28,42H,1,11,14-19H2,2-6H3,(H,36,46)(H,37,45)(H,38,43)(H,40,44)/t21-,23+,24-,25+,26-,27+,28+/m1/s1. The van der Waals surface area contributed by atoms with Gasteiger partial charge in [-0.2, -0.15) is 0 Å². The molecule has 0 saturated carbocycles. The van der Waals surface area contributed by atoms with Gasteiger partial charge in [-0.25, -0.2) is 0 Å². The van der Waals surface area contributed by atoms with Crippen LogP contribution in [0.5, 0.6) is 0 Å². The SMILES string of the molecule is C=CC(C)(C)O[C@H](C)[C@@H]1NC(=O)[C@H]2CSC(=N2)[C@@H](Cc2ccccc2)NC(=O)[C@@H]2CCCN2C(=O)[C@H](CO)NC(=O)[C@H](CC(C)C)NC1=O. The molecule has 0 radical (unpaired) electrons. The van der Waals surface area contributed by atoms with Crippen molar-refractivity contribution in [3.8, 4) is 0 Å². The van der Waals surface area contributed by atoms with Crippen molar-refractivity contribution >= 4 is 46.3 Å². The first-order valence-corrected chi connectivity index (χ1v) is 17.9. The van der Waals surface area contributed by atoms with Gasteiger partial charge in [0.05, 0.1) is 29.4 Å². The van der Waals surface area contributed by atoms with Crippen LogP contribution in [-0.2, 0) is 35.1 Å². The van der Waals surface area contributed by atoms with E-state index in [2.05, 4.69) is 27.8 Å². The molecular weight excluding hydrogens is 648 g/mol. The second-order valence-corrected chi connectivity index (χ2v) is 14.8. The Bertz CT molecular complexity index is 1420. The molecule has 0 unspecified atom stereocenters. The Balaban J connectivity index is 1.74. The van der Waals surface area contributed by atoms with Crippen molar-refractivity contribution in [1.82, 2.24) is 26.2 Å². The molecular formula is C35H50N6O7S. The van der Waals surface area contributed by atoms with Crippen molar-refractivity contribution in [3.63, 3.8) is 0 Å².